The molecule has 1 saturated heterocycles. The largest absolute Gasteiger partial charge is 0.314 e. The lowest BCUT2D eigenvalue weighted by Gasteiger charge is -2.24. The topological polar surface area (TPSA) is 46.2 Å². The molecule has 3 nitrogen and oxygen atoms in total. The zero-order valence-electron chi connectivity index (χ0n) is 10.7. The molecule has 96 valence electrons. The Labute approximate surface area is 99.9 Å². The van der Waals surface area contributed by atoms with Crippen LogP contribution in [0.5, 0.6) is 0 Å². The Hall–Kier alpha value is -0.0900. The molecule has 16 heavy (non-hydrogen) atoms. The van der Waals surface area contributed by atoms with Crippen molar-refractivity contribution in [3.05, 3.63) is 0 Å². The molecule has 4 heteroatoms. The van der Waals surface area contributed by atoms with Crippen LogP contribution < -0.4 is 5.32 Å². The standard InChI is InChI=1S/C12H25NO2S/c1-10(2)8-11(3)13-9-12-4-6-16(14,15)7-5-12/h10-13H,4-9H2,1-3H3. The molecule has 0 saturated carbocycles. The summed E-state index contributed by atoms with van der Waals surface area (Å²) in [7, 11) is -2.70. The Balaban J connectivity index is 2.20. The molecule has 1 N–H and O–H groups in total. The minimum absolute atomic E-state index is 0.387. The van der Waals surface area contributed by atoms with E-state index in [2.05, 4.69) is 26.1 Å². The Bertz CT molecular complexity index is 284. The average molecular weight is 247 g/mol. The van der Waals surface area contributed by atoms with E-state index in [0.29, 0.717) is 29.4 Å². The van der Waals surface area contributed by atoms with E-state index < -0.39 is 9.84 Å². The van der Waals surface area contributed by atoms with Gasteiger partial charge in [-0.05, 0) is 44.6 Å². The highest BCUT2D eigenvalue weighted by Gasteiger charge is 2.23. The van der Waals surface area contributed by atoms with Crippen molar-refractivity contribution in [2.24, 2.45) is 11.8 Å². The lowest BCUT2D eigenvalue weighted by molar-refractivity contribution is 0.376. The molecule has 1 rings (SSSR count). The third-order valence-corrected chi connectivity index (χ3v) is 4.97. The van der Waals surface area contributed by atoms with Crippen molar-refractivity contribution in [3.8, 4) is 0 Å². The lowest BCUT2D eigenvalue weighted by atomic mass is 10.0. The third-order valence-electron chi connectivity index (χ3n) is 3.25. The fourth-order valence-electron chi connectivity index (χ4n) is 2.30. The van der Waals surface area contributed by atoms with Crippen molar-refractivity contribution < 1.29 is 8.42 Å². The van der Waals surface area contributed by atoms with Gasteiger partial charge in [0.2, 0.25) is 0 Å². The van der Waals surface area contributed by atoms with Crippen LogP contribution in [-0.2, 0) is 9.84 Å². The molecule has 1 fully saturated rings. The lowest BCUT2D eigenvalue weighted by Crippen LogP contribution is -2.35. The van der Waals surface area contributed by atoms with Gasteiger partial charge in [-0.25, -0.2) is 8.42 Å². The van der Waals surface area contributed by atoms with Gasteiger partial charge in [0.15, 0.2) is 0 Å². The van der Waals surface area contributed by atoms with E-state index >= 15 is 0 Å². The van der Waals surface area contributed by atoms with Gasteiger partial charge in [0.1, 0.15) is 9.84 Å². The normalized spacial score (nSPS) is 23.5. The van der Waals surface area contributed by atoms with E-state index in [1.807, 2.05) is 0 Å². The third kappa shape index (κ3) is 5.30. The van der Waals surface area contributed by atoms with Crippen LogP contribution in [0.2, 0.25) is 0 Å². The number of nitrogens with one attached hydrogen (secondary N) is 1. The summed E-state index contributed by atoms with van der Waals surface area (Å²) in [5.41, 5.74) is 0. The maximum atomic E-state index is 11.3. The first kappa shape index (κ1) is 14.0. The molecule has 1 unspecified atom stereocenters. The van der Waals surface area contributed by atoms with Crippen LogP contribution in [0.1, 0.15) is 40.0 Å². The predicted octanol–water partition coefficient (Wildman–Crippen LogP) is 1.84. The molecule has 1 aliphatic rings. The quantitative estimate of drug-likeness (QED) is 0.806. The summed E-state index contributed by atoms with van der Waals surface area (Å²) in [5, 5.41) is 3.52. The van der Waals surface area contributed by atoms with Gasteiger partial charge in [0.05, 0.1) is 11.5 Å². The van der Waals surface area contributed by atoms with Gasteiger partial charge in [-0.15, -0.1) is 0 Å². The Morgan fingerprint density at radius 3 is 2.25 bits per heavy atom. The summed E-state index contributed by atoms with van der Waals surface area (Å²) in [6.45, 7) is 7.64. The number of sulfone groups is 1. The SMILES string of the molecule is CC(C)CC(C)NCC1CCS(=O)(=O)CC1. The minimum atomic E-state index is -2.70. The van der Waals surface area contributed by atoms with Gasteiger partial charge in [-0.3, -0.25) is 0 Å². The smallest absolute Gasteiger partial charge is 0.150 e. The minimum Gasteiger partial charge on any atom is -0.314 e. The second kappa shape index (κ2) is 6.01. The first-order valence-electron chi connectivity index (χ1n) is 6.33. The van der Waals surface area contributed by atoms with Crippen molar-refractivity contribution in [2.75, 3.05) is 18.1 Å². The maximum Gasteiger partial charge on any atom is 0.150 e. The van der Waals surface area contributed by atoms with Crippen LogP contribution in [0.4, 0.5) is 0 Å². The zero-order valence-corrected chi connectivity index (χ0v) is 11.5. The number of rotatable bonds is 5. The number of hydrogen-bond donors (Lipinski definition) is 1. The summed E-state index contributed by atoms with van der Waals surface area (Å²) >= 11 is 0. The van der Waals surface area contributed by atoms with E-state index in [9.17, 15) is 8.42 Å². The van der Waals surface area contributed by atoms with Crippen molar-refractivity contribution in [2.45, 2.75) is 46.1 Å². The first-order chi connectivity index (χ1) is 7.39. The molecule has 0 aliphatic carbocycles. The molecule has 1 aliphatic heterocycles. The Morgan fingerprint density at radius 2 is 1.75 bits per heavy atom. The van der Waals surface area contributed by atoms with Crippen LogP contribution in [0.3, 0.4) is 0 Å². The van der Waals surface area contributed by atoms with Crippen molar-refractivity contribution >= 4 is 9.84 Å². The predicted molar refractivity (Wildman–Crippen MR) is 68.3 cm³/mol. The molecular weight excluding hydrogens is 222 g/mol. The van der Waals surface area contributed by atoms with E-state index in [-0.39, 0.29) is 0 Å². The highest BCUT2D eigenvalue weighted by Crippen LogP contribution is 2.18. The second-order valence-electron chi connectivity index (χ2n) is 5.53. The van der Waals surface area contributed by atoms with Crippen molar-refractivity contribution in [3.63, 3.8) is 0 Å². The maximum absolute atomic E-state index is 11.3. The second-order valence-corrected chi connectivity index (χ2v) is 7.84. The van der Waals surface area contributed by atoms with Crippen LogP contribution in [0, 0.1) is 11.8 Å². The van der Waals surface area contributed by atoms with Crippen LogP contribution >= 0.6 is 0 Å². The Morgan fingerprint density at radius 1 is 1.19 bits per heavy atom. The summed E-state index contributed by atoms with van der Waals surface area (Å²) in [5.74, 6) is 2.04. The van der Waals surface area contributed by atoms with Crippen molar-refractivity contribution in [1.82, 2.24) is 5.32 Å². The monoisotopic (exact) mass is 247 g/mol. The number of hydrogen-bond acceptors (Lipinski definition) is 3. The first-order valence-corrected chi connectivity index (χ1v) is 8.15. The zero-order chi connectivity index (χ0) is 12.2. The summed E-state index contributed by atoms with van der Waals surface area (Å²) in [4.78, 5) is 0. The fraction of sp³-hybridized carbons (Fsp3) is 1.00. The summed E-state index contributed by atoms with van der Waals surface area (Å²) in [6, 6.07) is 0.540. The molecule has 1 atom stereocenters. The van der Waals surface area contributed by atoms with Gasteiger partial charge in [-0.2, -0.15) is 0 Å². The van der Waals surface area contributed by atoms with E-state index in [1.54, 1.807) is 0 Å². The van der Waals surface area contributed by atoms with E-state index in [1.165, 1.54) is 6.42 Å². The van der Waals surface area contributed by atoms with Gasteiger partial charge in [-0.1, -0.05) is 13.8 Å². The van der Waals surface area contributed by atoms with Crippen LogP contribution in [0.25, 0.3) is 0 Å². The average Bonchev–Trinajstić information content (AvgIpc) is 2.15. The van der Waals surface area contributed by atoms with Crippen molar-refractivity contribution in [1.29, 1.82) is 0 Å². The highest BCUT2D eigenvalue weighted by molar-refractivity contribution is 7.91. The molecule has 0 amide bonds. The Kier molecular flexibility index (Phi) is 5.25. The van der Waals surface area contributed by atoms with Crippen LogP contribution in [-0.4, -0.2) is 32.5 Å². The summed E-state index contributed by atoms with van der Waals surface area (Å²) < 4.78 is 22.5. The van der Waals surface area contributed by atoms with Gasteiger partial charge in [0.25, 0.3) is 0 Å². The van der Waals surface area contributed by atoms with Gasteiger partial charge in [0, 0.05) is 6.04 Å². The molecule has 0 radical (unpaired) electrons. The van der Waals surface area contributed by atoms with E-state index in [4.69, 9.17) is 0 Å². The molecule has 0 aromatic rings. The molecule has 1 heterocycles. The summed E-state index contributed by atoms with van der Waals surface area (Å²) in [6.07, 6.45) is 2.86. The molecule has 0 aromatic carbocycles. The molecular formula is C12H25NO2S. The highest BCUT2D eigenvalue weighted by atomic mass is 32.2. The van der Waals surface area contributed by atoms with Crippen LogP contribution in [0.15, 0.2) is 0 Å². The van der Waals surface area contributed by atoms with E-state index in [0.717, 1.165) is 19.4 Å². The molecule has 0 bridgehead atoms. The fourth-order valence-corrected chi connectivity index (χ4v) is 3.89. The van der Waals surface area contributed by atoms with Gasteiger partial charge >= 0.3 is 0 Å². The van der Waals surface area contributed by atoms with Gasteiger partial charge < -0.3 is 5.32 Å². The molecule has 0 aromatic heterocycles. The molecule has 0 spiro atoms.